The summed E-state index contributed by atoms with van der Waals surface area (Å²) in [5.41, 5.74) is 1.88. The van der Waals surface area contributed by atoms with E-state index in [4.69, 9.17) is 4.74 Å². The first-order valence-electron chi connectivity index (χ1n) is 4.15. The monoisotopic (exact) mass is 179 g/mol. The number of aldehydes is 1. The second-order valence-corrected chi connectivity index (χ2v) is 3.02. The standard InChI is InChI=1S/C10H13NO2/c1-7-4-9(8(2)6-12)5-11-10(7)13-3/h4-6,8H,1-3H3. The number of aryl methyl sites for hydroxylation is 1. The van der Waals surface area contributed by atoms with Gasteiger partial charge in [0.1, 0.15) is 6.29 Å². The second-order valence-electron chi connectivity index (χ2n) is 3.02. The van der Waals surface area contributed by atoms with Crippen LogP contribution in [-0.4, -0.2) is 18.4 Å². The van der Waals surface area contributed by atoms with E-state index in [1.54, 1.807) is 13.3 Å². The summed E-state index contributed by atoms with van der Waals surface area (Å²) in [5.74, 6) is 0.513. The van der Waals surface area contributed by atoms with E-state index in [1.807, 2.05) is 19.9 Å². The molecule has 1 rings (SSSR count). The van der Waals surface area contributed by atoms with E-state index in [0.29, 0.717) is 5.88 Å². The Bertz CT molecular complexity index is 310. The van der Waals surface area contributed by atoms with Crippen molar-refractivity contribution in [2.45, 2.75) is 19.8 Å². The van der Waals surface area contributed by atoms with Crippen LogP contribution in [0.1, 0.15) is 24.0 Å². The fourth-order valence-corrected chi connectivity index (χ4v) is 1.13. The molecule has 1 atom stereocenters. The Labute approximate surface area is 77.8 Å². The Morgan fingerprint density at radius 2 is 2.31 bits per heavy atom. The molecule has 0 bridgehead atoms. The van der Waals surface area contributed by atoms with Crippen LogP contribution in [0.25, 0.3) is 0 Å². The predicted octanol–water partition coefficient (Wildman–Crippen LogP) is 1.70. The molecule has 3 nitrogen and oxygen atoms in total. The quantitative estimate of drug-likeness (QED) is 0.663. The molecule has 13 heavy (non-hydrogen) atoms. The van der Waals surface area contributed by atoms with Gasteiger partial charge in [-0.25, -0.2) is 4.98 Å². The molecule has 70 valence electrons. The van der Waals surface area contributed by atoms with E-state index in [-0.39, 0.29) is 5.92 Å². The number of hydrogen-bond acceptors (Lipinski definition) is 3. The van der Waals surface area contributed by atoms with E-state index in [1.165, 1.54) is 0 Å². The Balaban J connectivity index is 3.02. The highest BCUT2D eigenvalue weighted by Gasteiger charge is 2.06. The summed E-state index contributed by atoms with van der Waals surface area (Å²) in [4.78, 5) is 14.6. The minimum absolute atomic E-state index is 0.0999. The van der Waals surface area contributed by atoms with E-state index in [0.717, 1.165) is 17.4 Å². The van der Waals surface area contributed by atoms with Gasteiger partial charge in [-0.05, 0) is 18.6 Å². The molecule has 0 spiro atoms. The van der Waals surface area contributed by atoms with Crippen molar-refractivity contribution in [1.29, 1.82) is 0 Å². The molecule has 0 aromatic carbocycles. The number of methoxy groups -OCH3 is 1. The maximum absolute atomic E-state index is 10.5. The molecule has 1 aromatic rings. The molecular formula is C10H13NO2. The van der Waals surface area contributed by atoms with Gasteiger partial charge in [0.15, 0.2) is 0 Å². The summed E-state index contributed by atoms with van der Waals surface area (Å²) in [7, 11) is 1.58. The van der Waals surface area contributed by atoms with E-state index >= 15 is 0 Å². The van der Waals surface area contributed by atoms with Gasteiger partial charge in [-0.2, -0.15) is 0 Å². The molecule has 1 aromatic heterocycles. The molecule has 0 amide bonds. The van der Waals surface area contributed by atoms with Gasteiger partial charge >= 0.3 is 0 Å². The zero-order chi connectivity index (χ0) is 9.84. The summed E-state index contributed by atoms with van der Waals surface area (Å²) in [6.07, 6.45) is 2.58. The smallest absolute Gasteiger partial charge is 0.215 e. The first-order valence-corrected chi connectivity index (χ1v) is 4.15. The van der Waals surface area contributed by atoms with Crippen molar-refractivity contribution in [3.63, 3.8) is 0 Å². The van der Waals surface area contributed by atoms with Crippen LogP contribution in [0.5, 0.6) is 5.88 Å². The topological polar surface area (TPSA) is 39.2 Å². The SMILES string of the molecule is COc1ncc(C(C)C=O)cc1C. The van der Waals surface area contributed by atoms with Crippen molar-refractivity contribution < 1.29 is 9.53 Å². The molecule has 0 saturated carbocycles. The van der Waals surface area contributed by atoms with Crippen molar-refractivity contribution >= 4 is 6.29 Å². The van der Waals surface area contributed by atoms with Crippen LogP contribution in [0, 0.1) is 6.92 Å². The fourth-order valence-electron chi connectivity index (χ4n) is 1.13. The summed E-state index contributed by atoms with van der Waals surface area (Å²) in [6.45, 7) is 3.75. The van der Waals surface area contributed by atoms with Crippen molar-refractivity contribution in [2.75, 3.05) is 7.11 Å². The lowest BCUT2D eigenvalue weighted by atomic mass is 10.0. The normalized spacial score (nSPS) is 12.2. The number of pyridine rings is 1. The van der Waals surface area contributed by atoms with Crippen LogP contribution in [0.4, 0.5) is 0 Å². The lowest BCUT2D eigenvalue weighted by Gasteiger charge is -2.07. The Morgan fingerprint density at radius 3 is 2.77 bits per heavy atom. The Hall–Kier alpha value is -1.38. The van der Waals surface area contributed by atoms with Gasteiger partial charge in [-0.3, -0.25) is 0 Å². The van der Waals surface area contributed by atoms with E-state index in [9.17, 15) is 4.79 Å². The zero-order valence-corrected chi connectivity index (χ0v) is 8.07. The average molecular weight is 179 g/mol. The molecule has 0 fully saturated rings. The van der Waals surface area contributed by atoms with Crippen molar-refractivity contribution in [3.8, 4) is 5.88 Å². The molecule has 0 aliphatic heterocycles. The summed E-state index contributed by atoms with van der Waals surface area (Å²) >= 11 is 0. The maximum Gasteiger partial charge on any atom is 0.215 e. The number of hydrogen-bond donors (Lipinski definition) is 0. The zero-order valence-electron chi connectivity index (χ0n) is 8.07. The highest BCUT2D eigenvalue weighted by molar-refractivity contribution is 5.61. The Kier molecular flexibility index (Phi) is 3.01. The van der Waals surface area contributed by atoms with Gasteiger partial charge in [0, 0.05) is 17.7 Å². The molecule has 0 aliphatic rings. The van der Waals surface area contributed by atoms with Crippen LogP contribution < -0.4 is 4.74 Å². The highest BCUT2D eigenvalue weighted by Crippen LogP contribution is 2.19. The van der Waals surface area contributed by atoms with Crippen molar-refractivity contribution in [1.82, 2.24) is 4.98 Å². The number of carbonyl (C=O) groups is 1. The van der Waals surface area contributed by atoms with Gasteiger partial charge in [0.25, 0.3) is 0 Å². The molecular weight excluding hydrogens is 166 g/mol. The first-order chi connectivity index (χ1) is 6.19. The summed E-state index contributed by atoms with van der Waals surface area (Å²) in [6, 6.07) is 1.92. The third-order valence-electron chi connectivity index (χ3n) is 1.97. The maximum atomic E-state index is 10.5. The van der Waals surface area contributed by atoms with E-state index < -0.39 is 0 Å². The third kappa shape index (κ3) is 2.05. The third-order valence-corrected chi connectivity index (χ3v) is 1.97. The molecule has 1 unspecified atom stereocenters. The molecule has 0 radical (unpaired) electrons. The Morgan fingerprint density at radius 1 is 1.62 bits per heavy atom. The number of carbonyl (C=O) groups excluding carboxylic acids is 1. The van der Waals surface area contributed by atoms with Gasteiger partial charge in [0.2, 0.25) is 5.88 Å². The van der Waals surface area contributed by atoms with E-state index in [2.05, 4.69) is 4.98 Å². The number of ether oxygens (including phenoxy) is 1. The summed E-state index contributed by atoms with van der Waals surface area (Å²) < 4.78 is 5.01. The number of rotatable bonds is 3. The largest absolute Gasteiger partial charge is 0.481 e. The predicted molar refractivity (Wildman–Crippen MR) is 50.0 cm³/mol. The van der Waals surface area contributed by atoms with Gasteiger partial charge < -0.3 is 9.53 Å². The molecule has 3 heteroatoms. The molecule has 0 N–H and O–H groups in total. The average Bonchev–Trinajstić information content (AvgIpc) is 2.16. The van der Waals surface area contributed by atoms with Gasteiger partial charge in [0.05, 0.1) is 7.11 Å². The molecule has 0 aliphatic carbocycles. The molecule has 1 heterocycles. The first kappa shape index (κ1) is 9.71. The lowest BCUT2D eigenvalue weighted by Crippen LogP contribution is -1.98. The van der Waals surface area contributed by atoms with Gasteiger partial charge in [-0.15, -0.1) is 0 Å². The second kappa shape index (κ2) is 4.03. The molecule has 0 saturated heterocycles. The van der Waals surface area contributed by atoms with Crippen molar-refractivity contribution in [3.05, 3.63) is 23.4 Å². The van der Waals surface area contributed by atoms with Crippen LogP contribution in [0.3, 0.4) is 0 Å². The van der Waals surface area contributed by atoms with Gasteiger partial charge in [-0.1, -0.05) is 6.92 Å². The summed E-state index contributed by atoms with van der Waals surface area (Å²) in [5, 5.41) is 0. The van der Waals surface area contributed by atoms with Crippen LogP contribution >= 0.6 is 0 Å². The van der Waals surface area contributed by atoms with Crippen LogP contribution in [0.2, 0.25) is 0 Å². The fraction of sp³-hybridized carbons (Fsp3) is 0.400. The highest BCUT2D eigenvalue weighted by atomic mass is 16.5. The lowest BCUT2D eigenvalue weighted by molar-refractivity contribution is -0.108. The number of nitrogens with zero attached hydrogens (tertiary/aromatic N) is 1. The minimum Gasteiger partial charge on any atom is -0.481 e. The van der Waals surface area contributed by atoms with Crippen LogP contribution in [-0.2, 0) is 4.79 Å². The number of aromatic nitrogens is 1. The minimum atomic E-state index is -0.0999. The van der Waals surface area contributed by atoms with Crippen molar-refractivity contribution in [2.24, 2.45) is 0 Å². The van der Waals surface area contributed by atoms with Crippen LogP contribution in [0.15, 0.2) is 12.3 Å².